The van der Waals surface area contributed by atoms with Crippen LogP contribution in [0.3, 0.4) is 0 Å². The minimum Gasteiger partial charge on any atom is -0.449 e. The topological polar surface area (TPSA) is 81.4 Å². The molecule has 0 spiro atoms. The number of hydrogen-bond acceptors (Lipinski definition) is 4. The number of benzene rings is 2. The Balaban J connectivity index is 2.05. The van der Waals surface area contributed by atoms with Crippen molar-refractivity contribution in [3.63, 3.8) is 0 Å². The summed E-state index contributed by atoms with van der Waals surface area (Å²) in [7, 11) is 0. The fourth-order valence-corrected chi connectivity index (χ4v) is 2.40. The molecular formula is C17H16Cl2N2O3. The van der Waals surface area contributed by atoms with E-state index >= 15 is 0 Å². The van der Waals surface area contributed by atoms with Crippen LogP contribution in [0.2, 0.25) is 10.0 Å². The van der Waals surface area contributed by atoms with Gasteiger partial charge in [0.1, 0.15) is 0 Å². The molecule has 1 atom stereocenters. The Bertz CT molecular complexity index is 748. The summed E-state index contributed by atoms with van der Waals surface area (Å²) in [6.07, 6.45) is -0.626. The van der Waals surface area contributed by atoms with Crippen LogP contribution in [-0.4, -0.2) is 18.0 Å². The van der Waals surface area contributed by atoms with Crippen molar-refractivity contribution in [3.05, 3.63) is 58.1 Å². The highest BCUT2D eigenvalue weighted by molar-refractivity contribution is 6.36. The predicted octanol–water partition coefficient (Wildman–Crippen LogP) is 4.15. The van der Waals surface area contributed by atoms with Crippen LogP contribution in [0.25, 0.3) is 0 Å². The molecule has 2 rings (SSSR count). The second-order valence-electron chi connectivity index (χ2n) is 5.04. The first kappa shape index (κ1) is 18.1. The molecule has 24 heavy (non-hydrogen) atoms. The van der Waals surface area contributed by atoms with Crippen molar-refractivity contribution < 1.29 is 14.3 Å². The van der Waals surface area contributed by atoms with Crippen molar-refractivity contribution in [3.8, 4) is 0 Å². The van der Waals surface area contributed by atoms with Crippen molar-refractivity contribution in [2.75, 3.05) is 11.1 Å². The average Bonchev–Trinajstić information content (AvgIpc) is 2.55. The normalized spacial score (nSPS) is 11.6. The standard InChI is InChI=1S/C17H16Cl2N2O3/c1-2-15(24-17(23)10-3-6-12(20)7-4-10)16(22)21-14-8-5-11(18)9-13(14)19/h3-9,15H,2,20H2,1H3,(H,21,22). The van der Waals surface area contributed by atoms with E-state index < -0.39 is 18.0 Å². The minimum atomic E-state index is -0.943. The lowest BCUT2D eigenvalue weighted by atomic mass is 10.2. The molecule has 7 heteroatoms. The molecule has 0 fully saturated rings. The van der Waals surface area contributed by atoms with Gasteiger partial charge in [0, 0.05) is 10.7 Å². The maximum absolute atomic E-state index is 12.3. The maximum atomic E-state index is 12.3. The fraction of sp³-hybridized carbons (Fsp3) is 0.176. The van der Waals surface area contributed by atoms with Gasteiger partial charge in [-0.05, 0) is 48.9 Å². The van der Waals surface area contributed by atoms with E-state index in [4.69, 9.17) is 33.7 Å². The molecule has 0 saturated carbocycles. The van der Waals surface area contributed by atoms with Gasteiger partial charge in [-0.2, -0.15) is 0 Å². The van der Waals surface area contributed by atoms with Gasteiger partial charge in [0.2, 0.25) is 0 Å². The third-order valence-corrected chi connectivity index (χ3v) is 3.80. The van der Waals surface area contributed by atoms with Gasteiger partial charge < -0.3 is 15.8 Å². The van der Waals surface area contributed by atoms with Crippen molar-refractivity contribution >= 4 is 46.5 Å². The smallest absolute Gasteiger partial charge is 0.338 e. The van der Waals surface area contributed by atoms with E-state index in [1.807, 2.05) is 0 Å². The third-order valence-electron chi connectivity index (χ3n) is 3.25. The van der Waals surface area contributed by atoms with Gasteiger partial charge in [-0.1, -0.05) is 30.1 Å². The number of halogens is 2. The van der Waals surface area contributed by atoms with Crippen LogP contribution >= 0.6 is 23.2 Å². The summed E-state index contributed by atoms with van der Waals surface area (Å²) in [4.78, 5) is 24.4. The first-order valence-electron chi connectivity index (χ1n) is 7.23. The molecule has 0 saturated heterocycles. The highest BCUT2D eigenvalue weighted by atomic mass is 35.5. The number of nitrogens with one attached hydrogen (secondary N) is 1. The number of esters is 1. The number of hydrogen-bond donors (Lipinski definition) is 2. The predicted molar refractivity (Wildman–Crippen MR) is 95.4 cm³/mol. The van der Waals surface area contributed by atoms with Crippen molar-refractivity contribution in [1.29, 1.82) is 0 Å². The Morgan fingerprint density at radius 2 is 1.83 bits per heavy atom. The van der Waals surface area contributed by atoms with Crippen molar-refractivity contribution in [2.24, 2.45) is 0 Å². The molecule has 0 aliphatic heterocycles. The monoisotopic (exact) mass is 366 g/mol. The summed E-state index contributed by atoms with van der Waals surface area (Å²) in [5.41, 5.74) is 6.83. The summed E-state index contributed by atoms with van der Waals surface area (Å²) in [6, 6.07) is 11.0. The molecule has 1 unspecified atom stereocenters. The summed E-state index contributed by atoms with van der Waals surface area (Å²) >= 11 is 11.8. The number of anilines is 2. The van der Waals surface area contributed by atoms with E-state index in [9.17, 15) is 9.59 Å². The molecule has 0 aliphatic carbocycles. The molecule has 126 valence electrons. The van der Waals surface area contributed by atoms with E-state index in [0.29, 0.717) is 33.4 Å². The van der Waals surface area contributed by atoms with Gasteiger partial charge >= 0.3 is 5.97 Å². The van der Waals surface area contributed by atoms with Gasteiger partial charge in [0.05, 0.1) is 16.3 Å². The number of nitrogen functional groups attached to an aromatic ring is 1. The average molecular weight is 367 g/mol. The lowest BCUT2D eigenvalue weighted by molar-refractivity contribution is -0.124. The SMILES string of the molecule is CCC(OC(=O)c1ccc(N)cc1)C(=O)Nc1ccc(Cl)cc1Cl. The maximum Gasteiger partial charge on any atom is 0.338 e. The van der Waals surface area contributed by atoms with Gasteiger partial charge in [-0.25, -0.2) is 4.79 Å². The zero-order valence-electron chi connectivity index (χ0n) is 12.9. The molecule has 2 aromatic carbocycles. The second-order valence-corrected chi connectivity index (χ2v) is 5.88. The zero-order valence-corrected chi connectivity index (χ0v) is 14.4. The molecule has 0 radical (unpaired) electrons. The quantitative estimate of drug-likeness (QED) is 0.615. The highest BCUT2D eigenvalue weighted by Crippen LogP contribution is 2.25. The molecule has 0 heterocycles. The largest absolute Gasteiger partial charge is 0.449 e. The van der Waals surface area contributed by atoms with E-state index in [1.54, 1.807) is 43.3 Å². The van der Waals surface area contributed by atoms with E-state index in [-0.39, 0.29) is 0 Å². The Hall–Kier alpha value is -2.24. The molecule has 0 bridgehead atoms. The number of carbonyl (C=O) groups excluding carboxylic acids is 2. The number of carbonyl (C=O) groups is 2. The Morgan fingerprint density at radius 1 is 1.17 bits per heavy atom. The molecule has 0 aromatic heterocycles. The lowest BCUT2D eigenvalue weighted by Crippen LogP contribution is -2.32. The van der Waals surface area contributed by atoms with Crippen LogP contribution in [0.5, 0.6) is 0 Å². The minimum absolute atomic E-state index is 0.301. The van der Waals surface area contributed by atoms with Crippen LogP contribution in [0.4, 0.5) is 11.4 Å². The number of amides is 1. The highest BCUT2D eigenvalue weighted by Gasteiger charge is 2.22. The second kappa shape index (κ2) is 8.04. The van der Waals surface area contributed by atoms with Crippen LogP contribution < -0.4 is 11.1 Å². The third kappa shape index (κ3) is 4.63. The van der Waals surface area contributed by atoms with Crippen LogP contribution in [0, 0.1) is 0 Å². The first-order valence-corrected chi connectivity index (χ1v) is 7.98. The number of rotatable bonds is 5. The molecule has 1 amide bonds. The van der Waals surface area contributed by atoms with Gasteiger partial charge in [-0.3, -0.25) is 4.79 Å². The molecule has 3 N–H and O–H groups in total. The van der Waals surface area contributed by atoms with Crippen molar-refractivity contribution in [1.82, 2.24) is 0 Å². The Kier molecular flexibility index (Phi) is 6.06. The summed E-state index contributed by atoms with van der Waals surface area (Å²) < 4.78 is 5.26. The molecule has 5 nitrogen and oxygen atoms in total. The Labute approximate surface area is 149 Å². The Morgan fingerprint density at radius 3 is 2.42 bits per heavy atom. The zero-order chi connectivity index (χ0) is 17.7. The fourth-order valence-electron chi connectivity index (χ4n) is 1.94. The number of nitrogens with two attached hydrogens (primary N) is 1. The molecular weight excluding hydrogens is 351 g/mol. The first-order chi connectivity index (χ1) is 11.4. The van der Waals surface area contributed by atoms with Crippen molar-refractivity contribution in [2.45, 2.75) is 19.4 Å². The number of ether oxygens (including phenoxy) is 1. The molecule has 2 aromatic rings. The van der Waals surface area contributed by atoms with E-state index in [2.05, 4.69) is 5.32 Å². The summed E-state index contributed by atoms with van der Waals surface area (Å²) in [5.74, 6) is -1.07. The lowest BCUT2D eigenvalue weighted by Gasteiger charge is -2.16. The van der Waals surface area contributed by atoms with Crippen LogP contribution in [0.15, 0.2) is 42.5 Å². The van der Waals surface area contributed by atoms with Gasteiger partial charge in [-0.15, -0.1) is 0 Å². The van der Waals surface area contributed by atoms with E-state index in [1.165, 1.54) is 6.07 Å². The molecule has 0 aliphatic rings. The summed E-state index contributed by atoms with van der Waals surface area (Å²) in [5, 5.41) is 3.39. The van der Waals surface area contributed by atoms with Gasteiger partial charge in [0.15, 0.2) is 6.10 Å². The van der Waals surface area contributed by atoms with Gasteiger partial charge in [0.25, 0.3) is 5.91 Å². The van der Waals surface area contributed by atoms with E-state index in [0.717, 1.165) is 0 Å². The van der Waals surface area contributed by atoms with Crippen LogP contribution in [0.1, 0.15) is 23.7 Å². The van der Waals surface area contributed by atoms with Crippen LogP contribution in [-0.2, 0) is 9.53 Å². The summed E-state index contributed by atoms with van der Waals surface area (Å²) in [6.45, 7) is 1.74.